The minimum Gasteiger partial charge on any atom is -0.423 e. The lowest BCUT2D eigenvalue weighted by Gasteiger charge is -2.18. The van der Waals surface area contributed by atoms with E-state index in [0.29, 0.717) is 0 Å². The van der Waals surface area contributed by atoms with Crippen LogP contribution >= 0.6 is 0 Å². The van der Waals surface area contributed by atoms with Gasteiger partial charge in [0.15, 0.2) is 23.1 Å². The van der Waals surface area contributed by atoms with E-state index in [2.05, 4.69) is 38.2 Å². The van der Waals surface area contributed by atoms with Gasteiger partial charge in [-0.3, -0.25) is 0 Å². The van der Waals surface area contributed by atoms with Crippen molar-refractivity contribution in [1.82, 2.24) is 0 Å². The van der Waals surface area contributed by atoms with Crippen LogP contribution in [0.5, 0.6) is 23.0 Å². The van der Waals surface area contributed by atoms with Crippen molar-refractivity contribution in [2.75, 3.05) is 0 Å². The molecule has 0 aromatic heterocycles. The van der Waals surface area contributed by atoms with Crippen LogP contribution in [-0.2, 0) is 19.2 Å². The topological polar surface area (TPSA) is 105 Å². The number of carbonyl (C=O) groups is 4. The molecule has 0 atom stereocenters. The third kappa shape index (κ3) is 8.30. The van der Waals surface area contributed by atoms with Gasteiger partial charge in [0.25, 0.3) is 0 Å². The van der Waals surface area contributed by atoms with Gasteiger partial charge in [-0.05, 0) is 69.7 Å². The highest BCUT2D eigenvalue weighted by Gasteiger charge is 2.31. The lowest BCUT2D eigenvalue weighted by Crippen LogP contribution is -2.15. The van der Waals surface area contributed by atoms with Crippen LogP contribution in [0.4, 0.5) is 8.78 Å². The largest absolute Gasteiger partial charge is 0.423 e. The number of hydrogen-bond donors (Lipinski definition) is 0. The first-order chi connectivity index (χ1) is 21.6. The van der Waals surface area contributed by atoms with Crippen molar-refractivity contribution >= 4 is 23.9 Å². The fourth-order valence-electron chi connectivity index (χ4n) is 3.39. The minimum atomic E-state index is -1.38. The quantitative estimate of drug-likeness (QED) is 0.109. The Morgan fingerprint density at radius 3 is 1.26 bits per heavy atom. The minimum absolute atomic E-state index is 0.0151. The van der Waals surface area contributed by atoms with Crippen LogP contribution < -0.4 is 18.9 Å². The third-order valence-corrected chi connectivity index (χ3v) is 5.83. The van der Waals surface area contributed by atoms with Gasteiger partial charge < -0.3 is 18.9 Å². The smallest absolute Gasteiger partial charge is 0.338 e. The van der Waals surface area contributed by atoms with E-state index in [1.165, 1.54) is 76.2 Å². The van der Waals surface area contributed by atoms with Gasteiger partial charge in [-0.15, -0.1) is 0 Å². The Hall–Kier alpha value is -6.08. The average molecular weight is 627 g/mol. The number of rotatable bonds is 9. The summed E-state index contributed by atoms with van der Waals surface area (Å²) in [5.41, 5.74) is -0.967. The summed E-state index contributed by atoms with van der Waals surface area (Å²) < 4.78 is 53.2. The van der Waals surface area contributed by atoms with Gasteiger partial charge in [-0.25, -0.2) is 28.0 Å². The van der Waals surface area contributed by atoms with Crippen molar-refractivity contribution in [2.45, 2.75) is 27.7 Å². The summed E-state index contributed by atoms with van der Waals surface area (Å²) in [6, 6.07) is 10.9. The van der Waals surface area contributed by atoms with Crippen LogP contribution in [0, 0.1) is 23.5 Å². The van der Waals surface area contributed by atoms with Gasteiger partial charge in [-0.2, -0.15) is 0 Å². The lowest BCUT2D eigenvalue weighted by molar-refractivity contribution is -0.131. The molecule has 46 heavy (non-hydrogen) atoms. The molecule has 3 aromatic carbocycles. The molecule has 0 spiro atoms. The molecule has 0 heterocycles. The van der Waals surface area contributed by atoms with Gasteiger partial charge in [0.05, 0.1) is 5.56 Å². The van der Waals surface area contributed by atoms with Gasteiger partial charge in [0, 0.05) is 27.9 Å². The van der Waals surface area contributed by atoms with E-state index in [9.17, 15) is 19.2 Å². The molecular formula is C36H28F2O8. The predicted octanol–water partition coefficient (Wildman–Crippen LogP) is 6.96. The van der Waals surface area contributed by atoms with E-state index >= 15 is 8.78 Å². The van der Waals surface area contributed by atoms with Gasteiger partial charge in [-0.1, -0.05) is 50.3 Å². The van der Waals surface area contributed by atoms with E-state index < -0.39 is 58.1 Å². The zero-order chi connectivity index (χ0) is 34.3. The fraction of sp³-hybridized carbons (Fsp3) is 0.111. The third-order valence-electron chi connectivity index (χ3n) is 5.83. The van der Waals surface area contributed by atoms with Gasteiger partial charge in [0.2, 0.25) is 0 Å². The molecular weight excluding hydrogens is 598 g/mol. The summed E-state index contributed by atoms with van der Waals surface area (Å²) in [7, 11) is 0. The number of hydrogen-bond acceptors (Lipinski definition) is 8. The zero-order valence-electron chi connectivity index (χ0n) is 25.5. The fourth-order valence-corrected chi connectivity index (χ4v) is 3.39. The SMILES string of the molecule is C=C(C)C(=O)Oc1ccc(C#Cc2c(F)c(OC(=O)C(=C)C)c(-c3ccc(OC(=O)C(=C)C)cc3)c(OC(=O)C(=C)C)c2F)cc1. The number of esters is 4. The number of halogens is 2. The van der Waals surface area contributed by atoms with Crippen molar-refractivity contribution in [3.05, 3.63) is 120 Å². The van der Waals surface area contributed by atoms with E-state index in [-0.39, 0.29) is 44.9 Å². The first kappa shape index (κ1) is 34.4. The van der Waals surface area contributed by atoms with Gasteiger partial charge in [0.1, 0.15) is 17.1 Å². The van der Waals surface area contributed by atoms with E-state index in [1.807, 2.05) is 0 Å². The second-order valence-electron chi connectivity index (χ2n) is 10.0. The number of carbonyl (C=O) groups excluding carboxylic acids is 4. The van der Waals surface area contributed by atoms with Crippen molar-refractivity contribution in [2.24, 2.45) is 0 Å². The molecule has 0 unspecified atom stereocenters. The Balaban J connectivity index is 2.24. The molecule has 0 amide bonds. The normalized spacial score (nSPS) is 10.0. The highest BCUT2D eigenvalue weighted by Crippen LogP contribution is 2.45. The summed E-state index contributed by atoms with van der Waals surface area (Å²) in [4.78, 5) is 48.9. The van der Waals surface area contributed by atoms with Crippen molar-refractivity contribution < 1.29 is 46.9 Å². The molecule has 3 aromatic rings. The summed E-state index contributed by atoms with van der Waals surface area (Å²) in [6.07, 6.45) is 0. The van der Waals surface area contributed by atoms with Crippen molar-refractivity contribution in [3.63, 3.8) is 0 Å². The monoisotopic (exact) mass is 626 g/mol. The Morgan fingerprint density at radius 1 is 0.543 bits per heavy atom. The zero-order valence-corrected chi connectivity index (χ0v) is 25.5. The van der Waals surface area contributed by atoms with Crippen LogP contribution in [0.1, 0.15) is 38.8 Å². The van der Waals surface area contributed by atoms with E-state index in [0.717, 1.165) is 0 Å². The van der Waals surface area contributed by atoms with E-state index in [1.54, 1.807) is 0 Å². The lowest BCUT2D eigenvalue weighted by atomic mass is 9.99. The van der Waals surface area contributed by atoms with Crippen LogP contribution in [0.25, 0.3) is 11.1 Å². The van der Waals surface area contributed by atoms with Crippen LogP contribution in [0.3, 0.4) is 0 Å². The molecule has 0 radical (unpaired) electrons. The second-order valence-corrected chi connectivity index (χ2v) is 10.0. The highest BCUT2D eigenvalue weighted by molar-refractivity contribution is 5.94. The van der Waals surface area contributed by atoms with Crippen LogP contribution in [0.15, 0.2) is 97.1 Å². The van der Waals surface area contributed by atoms with Crippen LogP contribution in [-0.4, -0.2) is 23.9 Å². The molecule has 3 rings (SSSR count). The van der Waals surface area contributed by atoms with Gasteiger partial charge >= 0.3 is 23.9 Å². The first-order valence-corrected chi connectivity index (χ1v) is 13.4. The second kappa shape index (κ2) is 14.6. The van der Waals surface area contributed by atoms with Crippen molar-refractivity contribution in [1.29, 1.82) is 0 Å². The van der Waals surface area contributed by atoms with Crippen LogP contribution in [0.2, 0.25) is 0 Å². The Kier molecular flexibility index (Phi) is 10.9. The molecule has 0 N–H and O–H groups in total. The molecule has 10 heteroatoms. The molecule has 0 saturated heterocycles. The molecule has 234 valence electrons. The Labute approximate surface area is 264 Å². The van der Waals surface area contributed by atoms with Crippen molar-refractivity contribution in [3.8, 4) is 46.0 Å². The maximum absolute atomic E-state index is 16.2. The average Bonchev–Trinajstić information content (AvgIpc) is 3.00. The Bertz CT molecular complexity index is 1820. The number of ether oxygens (including phenoxy) is 4. The number of benzene rings is 3. The summed E-state index contributed by atoms with van der Waals surface area (Å²) in [5.74, 6) is -2.64. The predicted molar refractivity (Wildman–Crippen MR) is 166 cm³/mol. The molecule has 8 nitrogen and oxygen atoms in total. The molecule has 0 aliphatic carbocycles. The summed E-state index contributed by atoms with van der Waals surface area (Å²) in [6.45, 7) is 19.6. The first-order valence-electron chi connectivity index (χ1n) is 13.4. The molecule has 0 fully saturated rings. The molecule has 0 saturated carbocycles. The summed E-state index contributed by atoms with van der Waals surface area (Å²) in [5, 5.41) is 0. The maximum atomic E-state index is 16.2. The summed E-state index contributed by atoms with van der Waals surface area (Å²) >= 11 is 0. The molecule has 0 aliphatic heterocycles. The molecule has 0 aliphatic rings. The molecule has 0 bridgehead atoms. The highest BCUT2D eigenvalue weighted by atomic mass is 19.1. The standard InChI is InChI=1S/C36H28F2O8/c1-19(2)33(39)43-25-14-9-23(10-15-25)11-18-27-29(37)31(45-35(41)21(5)6)28(32(30(27)38)46-36(42)22(7)8)24-12-16-26(17-13-24)44-34(40)20(3)4/h9-10,12-17H,1,3,5,7H2,2,4,6,8H3. The Morgan fingerprint density at radius 2 is 0.891 bits per heavy atom. The van der Waals surface area contributed by atoms with E-state index in [4.69, 9.17) is 18.9 Å². The maximum Gasteiger partial charge on any atom is 0.338 e.